The molecule has 0 heterocycles. The van der Waals surface area contributed by atoms with Crippen LogP contribution in [0.15, 0.2) is 46.9 Å². The van der Waals surface area contributed by atoms with Crippen LogP contribution >= 0.6 is 15.9 Å². The molecule has 1 N–H and O–H groups in total. The molecule has 2 aromatic rings. The number of halogens is 1. The SMILES string of the molecule is COc1ccc(CNc2cccc(C#N)c2)cc1Br. The van der Waals surface area contributed by atoms with E-state index in [1.807, 2.05) is 36.4 Å². The number of hydrogen-bond acceptors (Lipinski definition) is 3. The van der Waals surface area contributed by atoms with Gasteiger partial charge in [0.2, 0.25) is 0 Å². The van der Waals surface area contributed by atoms with Crippen LogP contribution in [-0.4, -0.2) is 7.11 Å². The van der Waals surface area contributed by atoms with Gasteiger partial charge in [-0.25, -0.2) is 0 Å². The summed E-state index contributed by atoms with van der Waals surface area (Å²) in [7, 11) is 1.64. The fourth-order valence-corrected chi connectivity index (χ4v) is 2.31. The second kappa shape index (κ2) is 6.26. The first-order chi connectivity index (χ1) is 9.22. The van der Waals surface area contributed by atoms with Gasteiger partial charge in [0, 0.05) is 12.2 Å². The first-order valence-corrected chi connectivity index (χ1v) is 6.58. The Morgan fingerprint density at radius 1 is 1.26 bits per heavy atom. The van der Waals surface area contributed by atoms with E-state index in [1.54, 1.807) is 13.2 Å². The molecule has 4 heteroatoms. The minimum absolute atomic E-state index is 0.654. The molecule has 0 amide bonds. The van der Waals surface area contributed by atoms with E-state index in [9.17, 15) is 0 Å². The molecule has 0 bridgehead atoms. The maximum absolute atomic E-state index is 8.84. The van der Waals surface area contributed by atoms with E-state index in [0.717, 1.165) is 21.5 Å². The molecule has 0 atom stereocenters. The molecule has 2 aromatic carbocycles. The van der Waals surface area contributed by atoms with Crippen molar-refractivity contribution in [2.45, 2.75) is 6.54 Å². The highest BCUT2D eigenvalue weighted by Crippen LogP contribution is 2.25. The molecule has 0 aliphatic heterocycles. The monoisotopic (exact) mass is 316 g/mol. The quantitative estimate of drug-likeness (QED) is 0.929. The third-order valence-corrected chi connectivity index (χ3v) is 3.32. The van der Waals surface area contributed by atoms with Crippen molar-refractivity contribution < 1.29 is 4.74 Å². The summed E-state index contributed by atoms with van der Waals surface area (Å²) in [5.41, 5.74) is 2.72. The molecule has 0 radical (unpaired) electrons. The van der Waals surface area contributed by atoms with Crippen LogP contribution in [0.4, 0.5) is 5.69 Å². The molecule has 96 valence electrons. The van der Waals surface area contributed by atoms with Crippen molar-refractivity contribution in [3.05, 3.63) is 58.1 Å². The lowest BCUT2D eigenvalue weighted by atomic mass is 10.2. The fourth-order valence-electron chi connectivity index (χ4n) is 1.72. The number of hydrogen-bond donors (Lipinski definition) is 1. The van der Waals surface area contributed by atoms with Crippen LogP contribution in [0.5, 0.6) is 5.75 Å². The zero-order valence-electron chi connectivity index (χ0n) is 10.5. The first-order valence-electron chi connectivity index (χ1n) is 5.79. The molecule has 3 nitrogen and oxygen atoms in total. The van der Waals surface area contributed by atoms with E-state index in [0.29, 0.717) is 12.1 Å². The molecular formula is C15H13BrN2O. The predicted octanol–water partition coefficient (Wildman–Crippen LogP) is 3.94. The molecule has 0 aliphatic rings. The third-order valence-electron chi connectivity index (χ3n) is 2.70. The molecule has 0 unspecified atom stereocenters. The molecule has 0 saturated carbocycles. The third kappa shape index (κ3) is 3.49. The van der Waals surface area contributed by atoms with Crippen molar-refractivity contribution in [3.8, 4) is 11.8 Å². The van der Waals surface area contributed by atoms with E-state index < -0.39 is 0 Å². The van der Waals surface area contributed by atoms with Crippen molar-refractivity contribution in [2.75, 3.05) is 12.4 Å². The second-order valence-corrected chi connectivity index (χ2v) is 4.87. The van der Waals surface area contributed by atoms with Gasteiger partial charge in [-0.05, 0) is 51.8 Å². The Morgan fingerprint density at radius 2 is 2.11 bits per heavy atom. The molecule has 0 fully saturated rings. The summed E-state index contributed by atoms with van der Waals surface area (Å²) in [6.45, 7) is 0.692. The predicted molar refractivity (Wildman–Crippen MR) is 79.2 cm³/mol. The summed E-state index contributed by atoms with van der Waals surface area (Å²) in [4.78, 5) is 0. The largest absolute Gasteiger partial charge is 0.496 e. The van der Waals surface area contributed by atoms with Crippen molar-refractivity contribution in [2.24, 2.45) is 0 Å². The first kappa shape index (κ1) is 13.4. The van der Waals surface area contributed by atoms with E-state index in [4.69, 9.17) is 10.00 Å². The lowest BCUT2D eigenvalue weighted by molar-refractivity contribution is 0.412. The maximum atomic E-state index is 8.84. The molecule has 2 rings (SSSR count). The number of rotatable bonds is 4. The maximum Gasteiger partial charge on any atom is 0.133 e. The normalized spacial score (nSPS) is 9.74. The summed E-state index contributed by atoms with van der Waals surface area (Å²) < 4.78 is 6.12. The molecule has 0 aliphatic carbocycles. The molecule has 0 aromatic heterocycles. The molecule has 19 heavy (non-hydrogen) atoms. The fraction of sp³-hybridized carbons (Fsp3) is 0.133. The van der Waals surface area contributed by atoms with Crippen molar-refractivity contribution in [3.63, 3.8) is 0 Å². The van der Waals surface area contributed by atoms with Crippen LogP contribution in [0.1, 0.15) is 11.1 Å². The summed E-state index contributed by atoms with van der Waals surface area (Å²) in [5.74, 6) is 0.815. The highest BCUT2D eigenvalue weighted by Gasteiger charge is 2.01. The smallest absolute Gasteiger partial charge is 0.133 e. The van der Waals surface area contributed by atoms with Crippen LogP contribution in [0.3, 0.4) is 0 Å². The Bertz CT molecular complexity index is 620. The van der Waals surface area contributed by atoms with Crippen LogP contribution in [0.2, 0.25) is 0 Å². The van der Waals surface area contributed by atoms with Crippen molar-refractivity contribution in [1.29, 1.82) is 5.26 Å². The zero-order chi connectivity index (χ0) is 13.7. The van der Waals surface area contributed by atoms with Crippen LogP contribution in [-0.2, 0) is 6.54 Å². The summed E-state index contributed by atoms with van der Waals surface area (Å²) >= 11 is 3.46. The topological polar surface area (TPSA) is 45.0 Å². The van der Waals surface area contributed by atoms with Gasteiger partial charge in [-0.2, -0.15) is 5.26 Å². The van der Waals surface area contributed by atoms with Gasteiger partial charge < -0.3 is 10.1 Å². The molecular weight excluding hydrogens is 304 g/mol. The van der Waals surface area contributed by atoms with E-state index >= 15 is 0 Å². The van der Waals surface area contributed by atoms with Gasteiger partial charge in [-0.1, -0.05) is 12.1 Å². The Morgan fingerprint density at radius 3 is 2.79 bits per heavy atom. The Labute approximate surface area is 121 Å². The number of nitrogens with zero attached hydrogens (tertiary/aromatic N) is 1. The van der Waals surface area contributed by atoms with E-state index in [1.165, 1.54) is 0 Å². The number of benzene rings is 2. The summed E-state index contributed by atoms with van der Waals surface area (Å²) in [5, 5.41) is 12.1. The average molecular weight is 317 g/mol. The van der Waals surface area contributed by atoms with E-state index in [2.05, 4.69) is 27.3 Å². The Hall–Kier alpha value is -1.99. The van der Waals surface area contributed by atoms with Gasteiger partial charge in [0.1, 0.15) is 5.75 Å². The highest BCUT2D eigenvalue weighted by atomic mass is 79.9. The van der Waals surface area contributed by atoms with Gasteiger partial charge in [-0.3, -0.25) is 0 Å². The Kier molecular flexibility index (Phi) is 4.43. The zero-order valence-corrected chi connectivity index (χ0v) is 12.1. The Balaban J connectivity index is 2.06. The van der Waals surface area contributed by atoms with Crippen LogP contribution < -0.4 is 10.1 Å². The van der Waals surface area contributed by atoms with Gasteiger partial charge in [0.25, 0.3) is 0 Å². The summed E-state index contributed by atoms with van der Waals surface area (Å²) in [6, 6.07) is 15.5. The molecule has 0 spiro atoms. The number of anilines is 1. The lowest BCUT2D eigenvalue weighted by Gasteiger charge is -2.09. The standard InChI is InChI=1S/C15H13BrN2O/c1-19-15-6-5-12(8-14(15)16)10-18-13-4-2-3-11(7-13)9-17/h2-8,18H,10H2,1H3. The van der Waals surface area contributed by atoms with Gasteiger partial charge in [0.15, 0.2) is 0 Å². The number of nitrogens with one attached hydrogen (secondary N) is 1. The second-order valence-electron chi connectivity index (χ2n) is 4.02. The van der Waals surface area contributed by atoms with Crippen molar-refractivity contribution >= 4 is 21.6 Å². The van der Waals surface area contributed by atoms with Crippen LogP contribution in [0.25, 0.3) is 0 Å². The van der Waals surface area contributed by atoms with Crippen molar-refractivity contribution in [1.82, 2.24) is 0 Å². The summed E-state index contributed by atoms with van der Waals surface area (Å²) in [6.07, 6.45) is 0. The minimum atomic E-state index is 0.654. The number of ether oxygens (including phenoxy) is 1. The number of methoxy groups -OCH3 is 1. The van der Waals surface area contributed by atoms with Gasteiger partial charge in [0.05, 0.1) is 23.2 Å². The van der Waals surface area contributed by atoms with E-state index in [-0.39, 0.29) is 0 Å². The minimum Gasteiger partial charge on any atom is -0.496 e. The lowest BCUT2D eigenvalue weighted by Crippen LogP contribution is -1.99. The van der Waals surface area contributed by atoms with Crippen LogP contribution in [0, 0.1) is 11.3 Å². The van der Waals surface area contributed by atoms with Gasteiger partial charge in [-0.15, -0.1) is 0 Å². The molecule has 0 saturated heterocycles. The number of nitriles is 1. The average Bonchev–Trinajstić information content (AvgIpc) is 2.45. The van der Waals surface area contributed by atoms with Gasteiger partial charge >= 0.3 is 0 Å². The highest BCUT2D eigenvalue weighted by molar-refractivity contribution is 9.10.